The van der Waals surface area contributed by atoms with Gasteiger partial charge < -0.3 is 9.30 Å². The second-order valence-electron chi connectivity index (χ2n) is 5.42. The number of nitrogens with zero attached hydrogens (tertiary/aromatic N) is 2. The third-order valence-electron chi connectivity index (χ3n) is 3.94. The Morgan fingerprint density at radius 3 is 2.57 bits per heavy atom. The van der Waals surface area contributed by atoms with Crippen molar-refractivity contribution in [3.63, 3.8) is 0 Å². The van der Waals surface area contributed by atoms with E-state index in [-0.39, 0.29) is 5.56 Å². The summed E-state index contributed by atoms with van der Waals surface area (Å²) < 4.78 is 7.16. The summed E-state index contributed by atoms with van der Waals surface area (Å²) in [4.78, 5) is 12.5. The molecule has 114 valence electrons. The monoisotopic (exact) mass is 304 g/mol. The van der Waals surface area contributed by atoms with Crippen LogP contribution in [0.4, 0.5) is 0 Å². The summed E-state index contributed by atoms with van der Waals surface area (Å²) in [7, 11) is 1.60. The zero-order valence-corrected chi connectivity index (χ0v) is 13.0. The number of aromatic nitrogens is 1. The van der Waals surface area contributed by atoms with E-state index in [1.54, 1.807) is 29.9 Å². The van der Waals surface area contributed by atoms with Gasteiger partial charge in [0.05, 0.1) is 30.8 Å². The molecule has 4 heteroatoms. The second kappa shape index (κ2) is 5.98. The van der Waals surface area contributed by atoms with Crippen LogP contribution in [0.5, 0.6) is 5.75 Å². The van der Waals surface area contributed by atoms with Gasteiger partial charge in [0.15, 0.2) is 0 Å². The van der Waals surface area contributed by atoms with Crippen LogP contribution in [0.2, 0.25) is 0 Å². The molecule has 0 unspecified atom stereocenters. The van der Waals surface area contributed by atoms with E-state index in [9.17, 15) is 4.79 Å². The Balaban J connectivity index is 2.20. The molecule has 3 rings (SSSR count). The van der Waals surface area contributed by atoms with Crippen LogP contribution in [0.1, 0.15) is 16.7 Å². The quantitative estimate of drug-likeness (QED) is 0.746. The van der Waals surface area contributed by atoms with E-state index in [2.05, 4.69) is 6.07 Å². The average molecular weight is 304 g/mol. The highest BCUT2D eigenvalue weighted by Gasteiger charge is 2.11. The van der Waals surface area contributed by atoms with Crippen molar-refractivity contribution in [2.75, 3.05) is 7.11 Å². The van der Waals surface area contributed by atoms with Crippen LogP contribution in [0.15, 0.2) is 53.3 Å². The number of hydrogen-bond donors (Lipinski definition) is 0. The molecule has 0 aliphatic rings. The van der Waals surface area contributed by atoms with Crippen LogP contribution < -0.4 is 10.3 Å². The van der Waals surface area contributed by atoms with Gasteiger partial charge in [0.2, 0.25) is 0 Å². The minimum atomic E-state index is -0.0659. The number of aryl methyl sites for hydroxylation is 1. The van der Waals surface area contributed by atoms with Gasteiger partial charge in [0, 0.05) is 11.5 Å². The fraction of sp³-hybridized carbons (Fsp3) is 0.158. The molecular weight excluding hydrogens is 288 g/mol. The molecule has 0 saturated heterocycles. The summed E-state index contributed by atoms with van der Waals surface area (Å²) in [6.45, 7) is 2.36. The molecule has 0 aliphatic heterocycles. The summed E-state index contributed by atoms with van der Waals surface area (Å²) in [5.41, 5.74) is 3.22. The number of benzene rings is 2. The molecule has 1 aromatic heterocycles. The van der Waals surface area contributed by atoms with Crippen LogP contribution in [0.25, 0.3) is 10.9 Å². The van der Waals surface area contributed by atoms with E-state index in [1.165, 1.54) is 0 Å². The molecule has 0 N–H and O–H groups in total. The molecule has 23 heavy (non-hydrogen) atoms. The van der Waals surface area contributed by atoms with Crippen molar-refractivity contribution in [3.05, 3.63) is 75.6 Å². The minimum absolute atomic E-state index is 0.0659. The maximum Gasteiger partial charge on any atom is 0.251 e. The van der Waals surface area contributed by atoms with Crippen molar-refractivity contribution < 1.29 is 4.74 Å². The van der Waals surface area contributed by atoms with Crippen molar-refractivity contribution in [3.8, 4) is 11.8 Å². The largest absolute Gasteiger partial charge is 0.495 e. The number of nitriles is 1. The molecule has 0 atom stereocenters. The summed E-state index contributed by atoms with van der Waals surface area (Å²) in [5.74, 6) is 0.678. The second-order valence-corrected chi connectivity index (χ2v) is 5.42. The summed E-state index contributed by atoms with van der Waals surface area (Å²) >= 11 is 0. The predicted octanol–water partition coefficient (Wildman–Crippen LogP) is 3.24. The highest BCUT2D eigenvalue weighted by Crippen LogP contribution is 2.26. The molecule has 0 saturated carbocycles. The van der Waals surface area contributed by atoms with Gasteiger partial charge in [-0.3, -0.25) is 4.79 Å². The number of hydrogen-bond acceptors (Lipinski definition) is 3. The molecule has 0 spiro atoms. The van der Waals surface area contributed by atoms with Crippen molar-refractivity contribution in [1.29, 1.82) is 5.26 Å². The molecule has 1 heterocycles. The third kappa shape index (κ3) is 2.69. The highest BCUT2D eigenvalue weighted by molar-refractivity contribution is 5.87. The van der Waals surface area contributed by atoms with Gasteiger partial charge in [0.25, 0.3) is 5.56 Å². The zero-order chi connectivity index (χ0) is 16.4. The van der Waals surface area contributed by atoms with E-state index < -0.39 is 0 Å². The van der Waals surface area contributed by atoms with Crippen molar-refractivity contribution in [2.24, 2.45) is 0 Å². The van der Waals surface area contributed by atoms with Crippen molar-refractivity contribution in [1.82, 2.24) is 4.57 Å². The molecule has 0 radical (unpaired) electrons. The molecule has 4 nitrogen and oxygen atoms in total. The third-order valence-corrected chi connectivity index (χ3v) is 3.94. The lowest BCUT2D eigenvalue weighted by molar-refractivity contribution is 0.417. The number of methoxy groups -OCH3 is 1. The number of pyridine rings is 1. The van der Waals surface area contributed by atoms with E-state index in [0.29, 0.717) is 17.9 Å². The van der Waals surface area contributed by atoms with Crippen LogP contribution in [0.3, 0.4) is 0 Å². The van der Waals surface area contributed by atoms with Gasteiger partial charge in [-0.05, 0) is 36.2 Å². The van der Waals surface area contributed by atoms with Crippen LogP contribution in [0, 0.1) is 18.3 Å². The predicted molar refractivity (Wildman–Crippen MR) is 89.8 cm³/mol. The van der Waals surface area contributed by atoms with E-state index in [0.717, 1.165) is 22.0 Å². The standard InChI is InChI=1S/C19H16N2O2/c1-13-10-18(22)21(12-15-8-6-14(11-20)7-9-15)19-16(13)4-3-5-17(19)23-2/h3-10H,12H2,1-2H3. The molecule has 0 aliphatic carbocycles. The fourth-order valence-electron chi connectivity index (χ4n) is 2.76. The van der Waals surface area contributed by atoms with Crippen molar-refractivity contribution in [2.45, 2.75) is 13.5 Å². The summed E-state index contributed by atoms with van der Waals surface area (Å²) in [5, 5.41) is 9.88. The SMILES string of the molecule is COc1cccc2c(C)cc(=O)n(Cc3ccc(C#N)cc3)c12. The first-order chi connectivity index (χ1) is 11.1. The van der Waals surface area contributed by atoms with E-state index in [4.69, 9.17) is 10.00 Å². The molecule has 3 aromatic rings. The van der Waals surface area contributed by atoms with Crippen LogP contribution in [-0.2, 0) is 6.54 Å². The lowest BCUT2D eigenvalue weighted by atomic mass is 10.1. The Morgan fingerprint density at radius 1 is 1.17 bits per heavy atom. The van der Waals surface area contributed by atoms with Crippen LogP contribution in [-0.4, -0.2) is 11.7 Å². The first-order valence-electron chi connectivity index (χ1n) is 7.30. The molecule has 0 amide bonds. The van der Waals surface area contributed by atoms with Crippen LogP contribution >= 0.6 is 0 Å². The smallest absolute Gasteiger partial charge is 0.251 e. The average Bonchev–Trinajstić information content (AvgIpc) is 2.58. The normalized spacial score (nSPS) is 10.5. The first kappa shape index (κ1) is 14.9. The first-order valence-corrected chi connectivity index (χ1v) is 7.30. The minimum Gasteiger partial charge on any atom is -0.495 e. The van der Waals surface area contributed by atoms with E-state index in [1.807, 2.05) is 37.3 Å². The Hall–Kier alpha value is -3.06. The van der Waals surface area contributed by atoms with Gasteiger partial charge >= 0.3 is 0 Å². The Kier molecular flexibility index (Phi) is 3.86. The lowest BCUT2D eigenvalue weighted by Crippen LogP contribution is -2.21. The van der Waals surface area contributed by atoms with Crippen molar-refractivity contribution >= 4 is 10.9 Å². The number of rotatable bonds is 3. The molecule has 0 bridgehead atoms. The lowest BCUT2D eigenvalue weighted by Gasteiger charge is -2.15. The molecular formula is C19H16N2O2. The Labute approximate surface area is 134 Å². The van der Waals surface area contributed by atoms with Gasteiger partial charge in [-0.1, -0.05) is 24.3 Å². The number of para-hydroxylation sites is 1. The molecule has 2 aromatic carbocycles. The van der Waals surface area contributed by atoms with E-state index >= 15 is 0 Å². The maximum absolute atomic E-state index is 12.5. The zero-order valence-electron chi connectivity index (χ0n) is 13.0. The fourth-order valence-corrected chi connectivity index (χ4v) is 2.76. The maximum atomic E-state index is 12.5. The highest BCUT2D eigenvalue weighted by atomic mass is 16.5. The Morgan fingerprint density at radius 2 is 1.91 bits per heavy atom. The number of ether oxygens (including phenoxy) is 1. The van der Waals surface area contributed by atoms with Gasteiger partial charge in [-0.2, -0.15) is 5.26 Å². The van der Waals surface area contributed by atoms with Gasteiger partial charge in [-0.15, -0.1) is 0 Å². The number of fused-ring (bicyclic) bond motifs is 1. The van der Waals surface area contributed by atoms with Gasteiger partial charge in [0.1, 0.15) is 5.75 Å². The van der Waals surface area contributed by atoms with Gasteiger partial charge in [-0.25, -0.2) is 0 Å². The Bertz CT molecular complexity index is 964. The topological polar surface area (TPSA) is 55.0 Å². The summed E-state index contributed by atoms with van der Waals surface area (Å²) in [6.07, 6.45) is 0. The summed E-state index contributed by atoms with van der Waals surface area (Å²) in [6, 6.07) is 16.8. The molecule has 0 fully saturated rings.